The molecular weight excluding hydrogens is 253 g/mol. The van der Waals surface area contributed by atoms with Gasteiger partial charge in [-0.3, -0.25) is 0 Å². The van der Waals surface area contributed by atoms with E-state index in [1.54, 1.807) is 0 Å². The Hall–Kier alpha value is -1.02. The van der Waals surface area contributed by atoms with E-state index >= 15 is 0 Å². The number of likely N-dealkylation sites (tertiary alicyclic amines) is 1. The monoisotopic (exact) mass is 270 g/mol. The number of carbonyl (C=O) groups excluding carboxylic acids is 1. The van der Waals surface area contributed by atoms with Gasteiger partial charge in [-0.1, -0.05) is 0 Å². The van der Waals surface area contributed by atoms with Crippen molar-refractivity contribution in [2.24, 2.45) is 0 Å². The van der Waals surface area contributed by atoms with Crippen LogP contribution < -0.4 is 5.32 Å². The third-order valence-electron chi connectivity index (χ3n) is 2.84. The predicted molar refractivity (Wildman–Crippen MR) is 57.1 cm³/mol. The van der Waals surface area contributed by atoms with Crippen molar-refractivity contribution in [2.75, 3.05) is 26.8 Å². The fourth-order valence-corrected chi connectivity index (χ4v) is 1.95. The van der Waals surface area contributed by atoms with Crippen molar-refractivity contribution in [1.82, 2.24) is 10.2 Å². The number of rotatable bonds is 4. The van der Waals surface area contributed by atoms with Crippen LogP contribution in [0.3, 0.4) is 0 Å². The first-order chi connectivity index (χ1) is 8.38. The van der Waals surface area contributed by atoms with Gasteiger partial charge >= 0.3 is 12.2 Å². The quantitative estimate of drug-likeness (QED) is 0.740. The average molecular weight is 270 g/mol. The predicted octanol–water partition coefficient (Wildman–Crippen LogP) is 0.730. The number of carbonyl (C=O) groups is 1. The summed E-state index contributed by atoms with van der Waals surface area (Å²) in [5.41, 5.74) is 0. The van der Waals surface area contributed by atoms with E-state index in [9.17, 15) is 23.1 Å². The molecule has 1 fully saturated rings. The van der Waals surface area contributed by atoms with Crippen molar-refractivity contribution in [1.29, 1.82) is 0 Å². The SMILES string of the molecule is COCCNC(=O)N1CCC[C@@H]1[C@@H](O)C(F)(F)F. The molecule has 2 N–H and O–H groups in total. The van der Waals surface area contributed by atoms with Crippen LogP contribution in [0.25, 0.3) is 0 Å². The summed E-state index contributed by atoms with van der Waals surface area (Å²) in [4.78, 5) is 12.7. The van der Waals surface area contributed by atoms with Gasteiger partial charge in [-0.05, 0) is 12.8 Å². The van der Waals surface area contributed by atoms with E-state index in [-0.39, 0.29) is 26.1 Å². The van der Waals surface area contributed by atoms with Crippen LogP contribution in [-0.2, 0) is 4.74 Å². The molecule has 18 heavy (non-hydrogen) atoms. The zero-order chi connectivity index (χ0) is 13.8. The third kappa shape index (κ3) is 3.74. The Labute approximate surface area is 103 Å². The van der Waals surface area contributed by atoms with Gasteiger partial charge in [-0.2, -0.15) is 13.2 Å². The topological polar surface area (TPSA) is 61.8 Å². The highest BCUT2D eigenvalue weighted by molar-refractivity contribution is 5.74. The fraction of sp³-hybridized carbons (Fsp3) is 0.900. The van der Waals surface area contributed by atoms with Gasteiger partial charge in [-0.25, -0.2) is 4.79 Å². The molecule has 1 rings (SSSR count). The fourth-order valence-electron chi connectivity index (χ4n) is 1.95. The largest absolute Gasteiger partial charge is 0.416 e. The number of hydrogen-bond acceptors (Lipinski definition) is 3. The highest BCUT2D eigenvalue weighted by Crippen LogP contribution is 2.30. The molecule has 1 heterocycles. The standard InChI is InChI=1S/C10H17F3N2O3/c1-18-6-4-14-9(17)15-5-2-3-7(15)8(16)10(11,12)13/h7-8,16H,2-6H2,1H3,(H,14,17)/t7-,8-/m1/s1. The van der Waals surface area contributed by atoms with Crippen molar-refractivity contribution in [3.05, 3.63) is 0 Å². The summed E-state index contributed by atoms with van der Waals surface area (Å²) in [5.74, 6) is 0. The first-order valence-electron chi connectivity index (χ1n) is 5.66. The van der Waals surface area contributed by atoms with Gasteiger partial charge in [0, 0.05) is 20.2 Å². The maximum Gasteiger partial charge on any atom is 0.416 e. The molecule has 1 aliphatic rings. The van der Waals surface area contributed by atoms with Crippen LogP contribution in [-0.4, -0.2) is 61.2 Å². The molecule has 0 aliphatic carbocycles. The molecule has 5 nitrogen and oxygen atoms in total. The number of urea groups is 1. The van der Waals surface area contributed by atoms with Crippen LogP contribution in [0.15, 0.2) is 0 Å². The van der Waals surface area contributed by atoms with E-state index in [4.69, 9.17) is 4.74 Å². The number of nitrogens with zero attached hydrogens (tertiary/aromatic N) is 1. The lowest BCUT2D eigenvalue weighted by atomic mass is 10.1. The first kappa shape index (κ1) is 15.0. The summed E-state index contributed by atoms with van der Waals surface area (Å²) >= 11 is 0. The molecule has 0 aromatic carbocycles. The van der Waals surface area contributed by atoms with Crippen molar-refractivity contribution in [3.8, 4) is 0 Å². The van der Waals surface area contributed by atoms with Crippen LogP contribution in [0.2, 0.25) is 0 Å². The molecule has 0 aromatic rings. The lowest BCUT2D eigenvalue weighted by Crippen LogP contribution is -2.52. The van der Waals surface area contributed by atoms with E-state index in [2.05, 4.69) is 5.32 Å². The lowest BCUT2D eigenvalue weighted by molar-refractivity contribution is -0.216. The summed E-state index contributed by atoms with van der Waals surface area (Å²) < 4.78 is 42.0. The Bertz CT molecular complexity index is 286. The Balaban J connectivity index is 2.56. The molecule has 0 unspecified atom stereocenters. The van der Waals surface area contributed by atoms with E-state index in [1.165, 1.54) is 7.11 Å². The van der Waals surface area contributed by atoms with Crippen LogP contribution in [0.5, 0.6) is 0 Å². The second-order valence-corrected chi connectivity index (χ2v) is 4.11. The minimum absolute atomic E-state index is 0.151. The number of hydrogen-bond donors (Lipinski definition) is 2. The first-order valence-corrected chi connectivity index (χ1v) is 5.66. The maximum absolute atomic E-state index is 12.4. The van der Waals surface area contributed by atoms with Gasteiger partial charge in [0.1, 0.15) is 0 Å². The number of methoxy groups -OCH3 is 1. The zero-order valence-electron chi connectivity index (χ0n) is 10.0. The zero-order valence-corrected chi connectivity index (χ0v) is 10.0. The van der Waals surface area contributed by atoms with E-state index in [0.29, 0.717) is 6.42 Å². The average Bonchev–Trinajstić information content (AvgIpc) is 2.75. The smallest absolute Gasteiger partial charge is 0.383 e. The van der Waals surface area contributed by atoms with Crippen molar-refractivity contribution in [2.45, 2.75) is 31.2 Å². The highest BCUT2D eigenvalue weighted by atomic mass is 19.4. The number of aliphatic hydroxyl groups is 1. The number of amides is 2. The lowest BCUT2D eigenvalue weighted by Gasteiger charge is -2.29. The van der Waals surface area contributed by atoms with Crippen LogP contribution in [0.4, 0.5) is 18.0 Å². The number of ether oxygens (including phenoxy) is 1. The second kappa shape index (κ2) is 6.24. The van der Waals surface area contributed by atoms with Gasteiger partial charge < -0.3 is 20.1 Å². The molecule has 2 amide bonds. The number of alkyl halides is 3. The maximum atomic E-state index is 12.4. The summed E-state index contributed by atoms with van der Waals surface area (Å²) in [7, 11) is 1.46. The van der Waals surface area contributed by atoms with E-state index in [1.807, 2.05) is 0 Å². The van der Waals surface area contributed by atoms with Gasteiger partial charge in [0.2, 0.25) is 0 Å². The van der Waals surface area contributed by atoms with Gasteiger partial charge in [0.15, 0.2) is 6.10 Å². The van der Waals surface area contributed by atoms with Crippen LogP contribution >= 0.6 is 0 Å². The van der Waals surface area contributed by atoms with Gasteiger partial charge in [-0.15, -0.1) is 0 Å². The minimum atomic E-state index is -4.71. The van der Waals surface area contributed by atoms with Crippen molar-refractivity contribution >= 4 is 6.03 Å². The van der Waals surface area contributed by atoms with Crippen LogP contribution in [0.1, 0.15) is 12.8 Å². The molecule has 0 radical (unpaired) electrons. The normalized spacial score (nSPS) is 22.1. The molecule has 0 aromatic heterocycles. The van der Waals surface area contributed by atoms with Crippen LogP contribution in [0, 0.1) is 0 Å². The summed E-state index contributed by atoms with van der Waals surface area (Å²) in [6.07, 6.45) is -6.60. The van der Waals surface area contributed by atoms with E-state index < -0.39 is 24.4 Å². The Morgan fingerprint density at radius 1 is 1.61 bits per heavy atom. The summed E-state index contributed by atoms with van der Waals surface area (Å²) in [6.45, 7) is 0.726. The highest BCUT2D eigenvalue weighted by Gasteiger charge is 2.48. The molecular formula is C10H17F3N2O3. The molecule has 1 saturated heterocycles. The number of nitrogens with one attached hydrogen (secondary N) is 1. The van der Waals surface area contributed by atoms with Crippen molar-refractivity contribution < 1.29 is 27.8 Å². The molecule has 1 aliphatic heterocycles. The number of aliphatic hydroxyl groups excluding tert-OH is 1. The molecule has 0 spiro atoms. The van der Waals surface area contributed by atoms with Crippen molar-refractivity contribution in [3.63, 3.8) is 0 Å². The Morgan fingerprint density at radius 2 is 2.28 bits per heavy atom. The Kier molecular flexibility index (Phi) is 5.21. The number of halogens is 3. The summed E-state index contributed by atoms with van der Waals surface area (Å²) in [5, 5.41) is 11.7. The molecule has 2 atom stereocenters. The third-order valence-corrected chi connectivity index (χ3v) is 2.84. The van der Waals surface area contributed by atoms with Gasteiger partial charge in [0.25, 0.3) is 0 Å². The molecule has 8 heteroatoms. The summed E-state index contributed by atoms with van der Waals surface area (Å²) in [6, 6.07) is -1.80. The molecule has 0 bridgehead atoms. The van der Waals surface area contributed by atoms with Gasteiger partial charge in [0.05, 0.1) is 12.6 Å². The second-order valence-electron chi connectivity index (χ2n) is 4.11. The molecule has 0 saturated carbocycles. The molecule has 106 valence electrons. The van der Waals surface area contributed by atoms with E-state index in [0.717, 1.165) is 4.90 Å². The minimum Gasteiger partial charge on any atom is -0.383 e. The Morgan fingerprint density at radius 3 is 2.83 bits per heavy atom.